The van der Waals surface area contributed by atoms with Gasteiger partial charge in [0.1, 0.15) is 0 Å². The molecule has 0 saturated carbocycles. The van der Waals surface area contributed by atoms with Crippen LogP contribution in [0.2, 0.25) is 0 Å². The highest BCUT2D eigenvalue weighted by atomic mass is 32.2. The Morgan fingerprint density at radius 2 is 1.71 bits per heavy atom. The fraction of sp³-hybridized carbons (Fsp3) is 0.462. The molecular formula is C26H34N4O3S2. The zero-order valence-electron chi connectivity index (χ0n) is 21.1. The van der Waals surface area contributed by atoms with Crippen molar-refractivity contribution in [1.29, 1.82) is 0 Å². The lowest BCUT2D eigenvalue weighted by Crippen LogP contribution is -2.38. The van der Waals surface area contributed by atoms with Crippen LogP contribution in [0.1, 0.15) is 41.3 Å². The molecule has 1 fully saturated rings. The number of hydrogen-bond donors (Lipinski definition) is 0. The second-order valence-corrected chi connectivity index (χ2v) is 12.7. The van der Waals surface area contributed by atoms with Gasteiger partial charge in [-0.3, -0.25) is 9.69 Å². The maximum atomic E-state index is 13.6. The minimum atomic E-state index is -3.56. The number of rotatable bonds is 7. The molecule has 1 amide bonds. The van der Waals surface area contributed by atoms with Crippen molar-refractivity contribution in [2.75, 3.05) is 45.2 Å². The van der Waals surface area contributed by atoms with Crippen LogP contribution < -0.4 is 4.90 Å². The Bertz CT molecular complexity index is 1310. The van der Waals surface area contributed by atoms with Crippen molar-refractivity contribution in [1.82, 2.24) is 14.2 Å². The molecule has 9 heteroatoms. The normalized spacial score (nSPS) is 15.7. The van der Waals surface area contributed by atoms with Gasteiger partial charge in [0.05, 0.1) is 15.1 Å². The number of fused-ring (bicyclic) bond motifs is 1. The highest BCUT2D eigenvalue weighted by Gasteiger charge is 2.29. The van der Waals surface area contributed by atoms with Gasteiger partial charge >= 0.3 is 0 Å². The van der Waals surface area contributed by atoms with Crippen LogP contribution in [0.3, 0.4) is 0 Å². The summed E-state index contributed by atoms with van der Waals surface area (Å²) in [6, 6.07) is 10.5. The Morgan fingerprint density at radius 1 is 1.06 bits per heavy atom. The van der Waals surface area contributed by atoms with E-state index in [4.69, 9.17) is 4.98 Å². The molecular weight excluding hydrogens is 480 g/mol. The highest BCUT2D eigenvalue weighted by Crippen LogP contribution is 2.33. The number of benzene rings is 2. The van der Waals surface area contributed by atoms with Gasteiger partial charge in [-0.05, 0) is 88.2 Å². The zero-order chi connectivity index (χ0) is 25.3. The second kappa shape index (κ2) is 10.3. The van der Waals surface area contributed by atoms with Crippen molar-refractivity contribution in [3.05, 3.63) is 53.1 Å². The lowest BCUT2D eigenvalue weighted by Gasteiger charge is -2.29. The smallest absolute Gasteiger partial charge is 0.260 e. The van der Waals surface area contributed by atoms with E-state index in [-0.39, 0.29) is 10.8 Å². The first kappa shape index (κ1) is 25.8. The summed E-state index contributed by atoms with van der Waals surface area (Å²) < 4.78 is 28.8. The van der Waals surface area contributed by atoms with Gasteiger partial charge in [0.2, 0.25) is 10.0 Å². The van der Waals surface area contributed by atoms with E-state index in [1.165, 1.54) is 16.9 Å². The number of aromatic nitrogens is 1. The van der Waals surface area contributed by atoms with E-state index in [0.29, 0.717) is 42.8 Å². The lowest BCUT2D eigenvalue weighted by molar-refractivity contribution is 0.0985. The van der Waals surface area contributed by atoms with E-state index < -0.39 is 10.0 Å². The van der Waals surface area contributed by atoms with Crippen LogP contribution in [-0.2, 0) is 10.0 Å². The van der Waals surface area contributed by atoms with Crippen LogP contribution in [0, 0.1) is 19.8 Å². The molecule has 0 radical (unpaired) electrons. The molecule has 0 spiro atoms. The predicted octanol–water partition coefficient (Wildman–Crippen LogP) is 4.54. The molecule has 188 valence electrons. The number of hydrogen-bond acceptors (Lipinski definition) is 6. The molecule has 0 bridgehead atoms. The SMILES string of the molecule is Cc1ccc2sc(N(CCN(C)C)C(=O)c3ccc(S(=O)(=O)N4CCC(C)CC4)cc3)nc2c1C. The molecule has 1 aliphatic heterocycles. The van der Waals surface area contributed by atoms with Crippen LogP contribution in [-0.4, -0.2) is 68.8 Å². The molecule has 1 aromatic heterocycles. The van der Waals surface area contributed by atoms with Crippen molar-refractivity contribution in [2.45, 2.75) is 38.5 Å². The minimum absolute atomic E-state index is 0.184. The van der Waals surface area contributed by atoms with Gasteiger partial charge < -0.3 is 4.90 Å². The number of sulfonamides is 1. The monoisotopic (exact) mass is 514 g/mol. The maximum Gasteiger partial charge on any atom is 0.260 e. The van der Waals surface area contributed by atoms with Gasteiger partial charge in [0.15, 0.2) is 5.13 Å². The molecule has 4 rings (SSSR count). The van der Waals surface area contributed by atoms with Crippen molar-refractivity contribution >= 4 is 42.6 Å². The summed E-state index contributed by atoms with van der Waals surface area (Å²) in [5.74, 6) is 0.362. The number of aryl methyl sites for hydroxylation is 2. The van der Waals surface area contributed by atoms with E-state index in [1.807, 2.05) is 19.0 Å². The molecule has 7 nitrogen and oxygen atoms in total. The molecule has 0 unspecified atom stereocenters. The third kappa shape index (κ3) is 5.43. The molecule has 2 heterocycles. The summed E-state index contributed by atoms with van der Waals surface area (Å²) in [5, 5.41) is 0.652. The van der Waals surface area contributed by atoms with E-state index in [9.17, 15) is 13.2 Å². The summed E-state index contributed by atoms with van der Waals surface area (Å²) in [6.07, 6.45) is 1.75. The van der Waals surface area contributed by atoms with Crippen molar-refractivity contribution in [3.63, 3.8) is 0 Å². The largest absolute Gasteiger partial charge is 0.308 e. The predicted molar refractivity (Wildman–Crippen MR) is 143 cm³/mol. The fourth-order valence-electron chi connectivity index (χ4n) is 4.21. The van der Waals surface area contributed by atoms with Gasteiger partial charge in [0, 0.05) is 31.7 Å². The van der Waals surface area contributed by atoms with E-state index in [2.05, 4.69) is 32.9 Å². The van der Waals surface area contributed by atoms with E-state index >= 15 is 0 Å². The Balaban J connectivity index is 1.62. The number of likely N-dealkylation sites (N-methyl/N-ethyl adjacent to an activating group) is 1. The Hall–Kier alpha value is -2.33. The molecule has 0 atom stereocenters. The fourth-order valence-corrected chi connectivity index (χ4v) is 6.73. The van der Waals surface area contributed by atoms with Gasteiger partial charge in [-0.1, -0.05) is 24.3 Å². The summed E-state index contributed by atoms with van der Waals surface area (Å²) >= 11 is 1.50. The number of nitrogens with zero attached hydrogens (tertiary/aromatic N) is 4. The summed E-state index contributed by atoms with van der Waals surface area (Å²) in [5.41, 5.74) is 3.65. The molecule has 1 aliphatic rings. The first-order valence-corrected chi connectivity index (χ1v) is 14.3. The van der Waals surface area contributed by atoms with Crippen LogP contribution in [0.15, 0.2) is 41.3 Å². The van der Waals surface area contributed by atoms with Crippen LogP contribution >= 0.6 is 11.3 Å². The second-order valence-electron chi connectivity index (χ2n) is 9.72. The number of piperidine rings is 1. The van der Waals surface area contributed by atoms with Crippen LogP contribution in [0.25, 0.3) is 10.2 Å². The van der Waals surface area contributed by atoms with Gasteiger partial charge in [0.25, 0.3) is 5.91 Å². The summed E-state index contributed by atoms with van der Waals surface area (Å²) in [6.45, 7) is 8.51. The average molecular weight is 515 g/mol. The van der Waals surface area contributed by atoms with E-state index in [1.54, 1.807) is 33.5 Å². The first-order valence-electron chi connectivity index (χ1n) is 12.0. The molecule has 0 N–H and O–H groups in total. The van der Waals surface area contributed by atoms with Gasteiger partial charge in [-0.15, -0.1) is 0 Å². The Kier molecular flexibility index (Phi) is 7.61. The van der Waals surface area contributed by atoms with Crippen molar-refractivity contribution in [3.8, 4) is 0 Å². The Morgan fingerprint density at radius 3 is 2.34 bits per heavy atom. The standard InChI is InChI=1S/C26H34N4O3S2/c1-18-12-14-29(15-13-18)35(32,33)22-9-7-21(8-10-22)25(31)30(17-16-28(4)5)26-27-24-20(3)19(2)6-11-23(24)34-26/h6-11,18H,12-17H2,1-5H3. The Labute approximate surface area is 212 Å². The van der Waals surface area contributed by atoms with Gasteiger partial charge in [-0.25, -0.2) is 13.4 Å². The molecule has 35 heavy (non-hydrogen) atoms. The summed E-state index contributed by atoms with van der Waals surface area (Å²) in [7, 11) is 0.379. The number of anilines is 1. The zero-order valence-corrected chi connectivity index (χ0v) is 22.7. The van der Waals surface area contributed by atoms with Crippen LogP contribution in [0.5, 0.6) is 0 Å². The highest BCUT2D eigenvalue weighted by molar-refractivity contribution is 7.89. The topological polar surface area (TPSA) is 73.8 Å². The number of thiazole rings is 1. The van der Waals surface area contributed by atoms with Gasteiger partial charge in [-0.2, -0.15) is 4.31 Å². The van der Waals surface area contributed by atoms with Crippen LogP contribution in [0.4, 0.5) is 5.13 Å². The van der Waals surface area contributed by atoms with Crippen molar-refractivity contribution in [2.24, 2.45) is 5.92 Å². The summed E-state index contributed by atoms with van der Waals surface area (Å²) in [4.78, 5) is 22.4. The molecule has 0 aliphatic carbocycles. The van der Waals surface area contributed by atoms with E-state index in [0.717, 1.165) is 28.6 Å². The first-order chi connectivity index (χ1) is 16.6. The molecule has 1 saturated heterocycles. The lowest BCUT2D eigenvalue weighted by atomic mass is 10.0. The average Bonchev–Trinajstić information content (AvgIpc) is 3.26. The third-order valence-corrected chi connectivity index (χ3v) is 9.76. The molecule has 3 aromatic rings. The third-order valence-electron chi connectivity index (χ3n) is 6.80. The quantitative estimate of drug-likeness (QED) is 0.463. The maximum absolute atomic E-state index is 13.6. The van der Waals surface area contributed by atoms with Crippen molar-refractivity contribution < 1.29 is 13.2 Å². The number of carbonyl (C=O) groups excluding carboxylic acids is 1. The molecule has 2 aromatic carbocycles. The number of amides is 1. The number of carbonyl (C=O) groups is 1. The minimum Gasteiger partial charge on any atom is -0.308 e.